The van der Waals surface area contributed by atoms with Crippen LogP contribution in [0.4, 0.5) is 0 Å². The van der Waals surface area contributed by atoms with E-state index in [2.05, 4.69) is 22.0 Å². The molecule has 5 rings (SSSR count). The molecule has 0 spiro atoms. The summed E-state index contributed by atoms with van der Waals surface area (Å²) in [5.74, 6) is 0.768. The van der Waals surface area contributed by atoms with Crippen molar-refractivity contribution in [2.75, 3.05) is 33.3 Å². The Kier molecular flexibility index (Phi) is 7.72. The SMILES string of the molecule is COc1ccccc1-c1nn(Cc2ccccc2)cc1C=CC(=O)N1CCN(Cc2ccncc2)CC1. The van der Waals surface area contributed by atoms with Crippen LogP contribution < -0.4 is 4.74 Å². The number of hydrogen-bond acceptors (Lipinski definition) is 5. The lowest BCUT2D eigenvalue weighted by Crippen LogP contribution is -2.47. The zero-order valence-electron chi connectivity index (χ0n) is 21.0. The summed E-state index contributed by atoms with van der Waals surface area (Å²) < 4.78 is 7.51. The van der Waals surface area contributed by atoms with E-state index in [1.165, 1.54) is 5.56 Å². The summed E-state index contributed by atoms with van der Waals surface area (Å²) >= 11 is 0. The molecule has 0 radical (unpaired) electrons. The van der Waals surface area contributed by atoms with Crippen LogP contribution in [0.1, 0.15) is 16.7 Å². The van der Waals surface area contributed by atoms with Gasteiger partial charge in [-0.15, -0.1) is 0 Å². The van der Waals surface area contributed by atoms with E-state index in [1.807, 2.05) is 88.8 Å². The Balaban J connectivity index is 1.31. The van der Waals surface area contributed by atoms with Gasteiger partial charge in [-0.2, -0.15) is 5.10 Å². The van der Waals surface area contributed by atoms with Gasteiger partial charge < -0.3 is 9.64 Å². The molecule has 37 heavy (non-hydrogen) atoms. The lowest BCUT2D eigenvalue weighted by atomic mass is 10.1. The minimum absolute atomic E-state index is 0.0188. The number of benzene rings is 2. The van der Waals surface area contributed by atoms with E-state index in [1.54, 1.807) is 13.2 Å². The average molecular weight is 494 g/mol. The van der Waals surface area contributed by atoms with Gasteiger partial charge in [-0.1, -0.05) is 42.5 Å². The highest BCUT2D eigenvalue weighted by atomic mass is 16.5. The first-order valence-corrected chi connectivity index (χ1v) is 12.5. The van der Waals surface area contributed by atoms with E-state index in [4.69, 9.17) is 9.84 Å². The van der Waals surface area contributed by atoms with E-state index in [-0.39, 0.29) is 5.91 Å². The summed E-state index contributed by atoms with van der Waals surface area (Å²) in [4.78, 5) is 21.4. The molecule has 1 aliphatic heterocycles. The Hall–Kier alpha value is -4.23. The number of amides is 1. The van der Waals surface area contributed by atoms with Gasteiger partial charge in [0.1, 0.15) is 11.4 Å². The number of carbonyl (C=O) groups excluding carboxylic acids is 1. The first-order valence-electron chi connectivity index (χ1n) is 12.5. The maximum absolute atomic E-state index is 13.1. The van der Waals surface area contributed by atoms with Crippen molar-refractivity contribution < 1.29 is 9.53 Å². The molecule has 0 atom stereocenters. The highest BCUT2D eigenvalue weighted by molar-refractivity contribution is 5.93. The van der Waals surface area contributed by atoms with Crippen LogP contribution >= 0.6 is 0 Å². The number of ether oxygens (including phenoxy) is 1. The van der Waals surface area contributed by atoms with Crippen LogP contribution in [0.25, 0.3) is 17.3 Å². The molecular formula is C30H31N5O2. The minimum atomic E-state index is 0.0188. The Labute approximate surface area is 217 Å². The highest BCUT2D eigenvalue weighted by Gasteiger charge is 2.20. The molecule has 0 N–H and O–H groups in total. The summed E-state index contributed by atoms with van der Waals surface area (Å²) in [5, 5.41) is 4.87. The van der Waals surface area contributed by atoms with Gasteiger partial charge in [0.2, 0.25) is 5.91 Å². The molecule has 188 valence electrons. The highest BCUT2D eigenvalue weighted by Crippen LogP contribution is 2.32. The van der Waals surface area contributed by atoms with E-state index in [0.29, 0.717) is 19.6 Å². The third-order valence-corrected chi connectivity index (χ3v) is 6.58. The van der Waals surface area contributed by atoms with Crippen molar-refractivity contribution in [2.45, 2.75) is 13.1 Å². The maximum Gasteiger partial charge on any atom is 0.246 e. The van der Waals surface area contributed by atoms with Crippen LogP contribution in [-0.2, 0) is 17.9 Å². The van der Waals surface area contributed by atoms with Gasteiger partial charge in [-0.05, 0) is 41.5 Å². The molecule has 0 bridgehead atoms. The third kappa shape index (κ3) is 6.13. The molecule has 1 amide bonds. The van der Waals surface area contributed by atoms with Crippen molar-refractivity contribution in [3.63, 3.8) is 0 Å². The van der Waals surface area contributed by atoms with E-state index < -0.39 is 0 Å². The maximum atomic E-state index is 13.1. The van der Waals surface area contributed by atoms with Crippen LogP contribution in [0, 0.1) is 0 Å². The summed E-state index contributed by atoms with van der Waals surface area (Å²) in [6.45, 7) is 4.64. The number of carbonyl (C=O) groups is 1. The zero-order chi connectivity index (χ0) is 25.5. The van der Waals surface area contributed by atoms with Crippen LogP contribution in [0.5, 0.6) is 5.75 Å². The number of hydrogen-bond donors (Lipinski definition) is 0. The number of rotatable bonds is 8. The van der Waals surface area contributed by atoms with Gasteiger partial charge in [0.15, 0.2) is 0 Å². The van der Waals surface area contributed by atoms with E-state index in [9.17, 15) is 4.79 Å². The van der Waals surface area contributed by atoms with Crippen LogP contribution in [0.3, 0.4) is 0 Å². The molecule has 0 aliphatic carbocycles. The minimum Gasteiger partial charge on any atom is -0.496 e. The van der Waals surface area contributed by atoms with Gasteiger partial charge in [0, 0.05) is 68.5 Å². The monoisotopic (exact) mass is 493 g/mol. The Morgan fingerprint density at radius 2 is 1.59 bits per heavy atom. The fraction of sp³-hybridized carbons (Fsp3) is 0.233. The molecule has 2 aromatic heterocycles. The van der Waals surface area contributed by atoms with Crippen LogP contribution in [0.15, 0.2) is 91.4 Å². The van der Waals surface area contributed by atoms with Gasteiger partial charge in [0.05, 0.1) is 13.7 Å². The quantitative estimate of drug-likeness (QED) is 0.341. The summed E-state index contributed by atoms with van der Waals surface area (Å²) in [6.07, 6.45) is 9.18. The predicted octanol–water partition coefficient (Wildman–Crippen LogP) is 4.36. The molecule has 2 aromatic carbocycles. The molecule has 7 heteroatoms. The summed E-state index contributed by atoms with van der Waals surface area (Å²) in [5.41, 5.74) is 4.97. The number of piperazine rings is 1. The smallest absolute Gasteiger partial charge is 0.246 e. The molecule has 1 saturated heterocycles. The molecule has 1 fully saturated rings. The van der Waals surface area contributed by atoms with Crippen molar-refractivity contribution in [3.05, 3.63) is 108 Å². The van der Waals surface area contributed by atoms with Gasteiger partial charge >= 0.3 is 0 Å². The molecule has 0 unspecified atom stereocenters. The van der Waals surface area contributed by atoms with Crippen molar-refractivity contribution in [3.8, 4) is 17.0 Å². The second kappa shape index (κ2) is 11.7. The Morgan fingerprint density at radius 3 is 2.35 bits per heavy atom. The summed E-state index contributed by atoms with van der Waals surface area (Å²) in [6, 6.07) is 22.1. The lowest BCUT2D eigenvalue weighted by molar-refractivity contribution is -0.127. The number of para-hydroxylation sites is 1. The van der Waals surface area contributed by atoms with Crippen LogP contribution in [0.2, 0.25) is 0 Å². The molecular weight excluding hydrogens is 462 g/mol. The van der Waals surface area contributed by atoms with Gasteiger partial charge in [0.25, 0.3) is 0 Å². The first kappa shape index (κ1) is 24.5. The Bertz CT molecular complexity index is 1340. The number of pyridine rings is 1. The molecule has 1 aliphatic rings. The predicted molar refractivity (Wildman–Crippen MR) is 145 cm³/mol. The van der Waals surface area contributed by atoms with Crippen molar-refractivity contribution in [1.29, 1.82) is 0 Å². The van der Waals surface area contributed by atoms with Crippen molar-refractivity contribution >= 4 is 12.0 Å². The van der Waals surface area contributed by atoms with Gasteiger partial charge in [-0.3, -0.25) is 19.4 Å². The fourth-order valence-electron chi connectivity index (χ4n) is 4.60. The average Bonchev–Trinajstić information content (AvgIpc) is 3.35. The standard InChI is InChI=1S/C30H31N5O2/c1-37-28-10-6-5-9-27(28)30-26(23-35(32-30)22-24-7-3-2-4-8-24)11-12-29(36)34-19-17-33(18-20-34)21-25-13-15-31-16-14-25/h2-16,23H,17-22H2,1H3. The number of aromatic nitrogens is 3. The zero-order valence-corrected chi connectivity index (χ0v) is 21.0. The Morgan fingerprint density at radius 1 is 0.892 bits per heavy atom. The molecule has 3 heterocycles. The molecule has 4 aromatic rings. The number of nitrogens with zero attached hydrogens (tertiary/aromatic N) is 5. The van der Waals surface area contributed by atoms with Gasteiger partial charge in [-0.25, -0.2) is 0 Å². The third-order valence-electron chi connectivity index (χ3n) is 6.58. The second-order valence-corrected chi connectivity index (χ2v) is 9.11. The topological polar surface area (TPSA) is 63.5 Å². The largest absolute Gasteiger partial charge is 0.496 e. The summed E-state index contributed by atoms with van der Waals surface area (Å²) in [7, 11) is 1.66. The molecule has 0 saturated carbocycles. The van der Waals surface area contributed by atoms with E-state index in [0.717, 1.165) is 47.8 Å². The first-order chi connectivity index (χ1) is 18.2. The number of methoxy groups -OCH3 is 1. The molecule has 7 nitrogen and oxygen atoms in total. The lowest BCUT2D eigenvalue weighted by Gasteiger charge is -2.34. The van der Waals surface area contributed by atoms with Crippen LogP contribution in [-0.4, -0.2) is 63.8 Å². The normalized spacial score (nSPS) is 14.2. The fourth-order valence-corrected chi connectivity index (χ4v) is 4.60. The van der Waals surface area contributed by atoms with Crippen molar-refractivity contribution in [2.24, 2.45) is 0 Å². The van der Waals surface area contributed by atoms with Crippen molar-refractivity contribution in [1.82, 2.24) is 24.6 Å². The second-order valence-electron chi connectivity index (χ2n) is 9.11. The van der Waals surface area contributed by atoms with E-state index >= 15 is 0 Å².